The van der Waals surface area contributed by atoms with E-state index < -0.39 is 41.7 Å². The summed E-state index contributed by atoms with van der Waals surface area (Å²) in [4.78, 5) is 18.7. The molecule has 0 N–H and O–H groups in total. The third kappa shape index (κ3) is 6.20. The van der Waals surface area contributed by atoms with Crippen molar-refractivity contribution in [1.82, 2.24) is 9.88 Å². The van der Waals surface area contributed by atoms with E-state index in [0.717, 1.165) is 27.6 Å². The Morgan fingerprint density at radius 3 is 2.28 bits per heavy atom. The molecular weight excluding hydrogens is 594 g/mol. The van der Waals surface area contributed by atoms with Gasteiger partial charge < -0.3 is 9.47 Å². The molecule has 1 aromatic heterocycles. The number of methoxy groups -OCH3 is 1. The highest BCUT2D eigenvalue weighted by Crippen LogP contribution is 2.46. The lowest BCUT2D eigenvalue weighted by Gasteiger charge is -2.35. The molecule has 4 rings (SSSR count). The van der Waals surface area contributed by atoms with Crippen molar-refractivity contribution in [2.75, 3.05) is 13.7 Å². The summed E-state index contributed by atoms with van der Waals surface area (Å²) in [7, 11) is 1.50. The molecule has 0 radical (unpaired) electrons. The smallest absolute Gasteiger partial charge is 0.416 e. The predicted molar refractivity (Wildman–Crippen MR) is 135 cm³/mol. The van der Waals surface area contributed by atoms with Gasteiger partial charge in [-0.1, -0.05) is 13.8 Å². The largest absolute Gasteiger partial charge is 0.481 e. The number of benzene rings is 1. The number of carbonyl (C=O) groups excluding carboxylic acids is 1. The SMILES string of the molecule is COc1ncc(Br)cc1C1=C(CN2C(=O)OC(c3cc(C(F)(F)F)cc(C(F)(F)F)c3)C2C)CC(C)(C)CC1. The minimum Gasteiger partial charge on any atom is -0.481 e. The van der Waals surface area contributed by atoms with E-state index in [2.05, 4.69) is 34.8 Å². The van der Waals surface area contributed by atoms with Crippen LogP contribution < -0.4 is 4.74 Å². The van der Waals surface area contributed by atoms with Gasteiger partial charge in [-0.3, -0.25) is 4.90 Å². The molecule has 1 aliphatic heterocycles. The van der Waals surface area contributed by atoms with Crippen LogP contribution in [0.25, 0.3) is 5.57 Å². The standard InChI is InChI=1S/C27H27BrF6N2O3/c1-14-22(15-7-17(26(29,30)31)9-18(8-15)27(32,33)34)39-24(37)36(14)13-16-11-25(2,3)6-5-20(16)21-10-19(28)12-35-23(21)38-4/h7-10,12,14,22H,5-6,11,13H2,1-4H3. The molecule has 0 bridgehead atoms. The van der Waals surface area contributed by atoms with Crippen LogP contribution in [0.2, 0.25) is 0 Å². The van der Waals surface area contributed by atoms with Crippen molar-refractivity contribution >= 4 is 27.6 Å². The lowest BCUT2D eigenvalue weighted by atomic mass is 9.73. The average Bonchev–Trinajstić information content (AvgIpc) is 3.10. The molecule has 2 heterocycles. The van der Waals surface area contributed by atoms with Crippen molar-refractivity contribution in [2.45, 2.75) is 64.5 Å². The molecule has 2 aliphatic rings. The molecule has 1 fully saturated rings. The molecule has 2 aromatic rings. The monoisotopic (exact) mass is 620 g/mol. The Kier molecular flexibility index (Phi) is 7.74. The molecule has 2 unspecified atom stereocenters. The number of hydrogen-bond acceptors (Lipinski definition) is 4. The van der Waals surface area contributed by atoms with Gasteiger partial charge in [0.25, 0.3) is 0 Å². The Hall–Kier alpha value is -2.76. The van der Waals surface area contributed by atoms with Crippen molar-refractivity contribution in [1.29, 1.82) is 0 Å². The van der Waals surface area contributed by atoms with Crippen LogP contribution in [-0.4, -0.2) is 35.7 Å². The first-order chi connectivity index (χ1) is 18.0. The molecule has 212 valence electrons. The summed E-state index contributed by atoms with van der Waals surface area (Å²) in [5.74, 6) is 0.406. The maximum absolute atomic E-state index is 13.4. The van der Waals surface area contributed by atoms with E-state index in [1.807, 2.05) is 6.07 Å². The average molecular weight is 621 g/mol. The number of rotatable bonds is 5. The minimum atomic E-state index is -5.01. The van der Waals surface area contributed by atoms with Crippen LogP contribution in [0, 0.1) is 5.41 Å². The molecule has 39 heavy (non-hydrogen) atoms. The number of cyclic esters (lactones) is 1. The second-order valence-electron chi connectivity index (χ2n) is 10.6. The first-order valence-corrected chi connectivity index (χ1v) is 13.0. The zero-order valence-electron chi connectivity index (χ0n) is 21.6. The minimum absolute atomic E-state index is 0.0588. The Bertz CT molecular complexity index is 1270. The van der Waals surface area contributed by atoms with E-state index in [-0.39, 0.29) is 23.6 Å². The number of nitrogens with zero attached hydrogens (tertiary/aromatic N) is 2. The van der Waals surface area contributed by atoms with Crippen molar-refractivity contribution in [3.8, 4) is 5.88 Å². The first-order valence-electron chi connectivity index (χ1n) is 12.2. The topological polar surface area (TPSA) is 51.7 Å². The maximum atomic E-state index is 13.4. The van der Waals surface area contributed by atoms with Crippen molar-refractivity contribution in [3.05, 3.63) is 62.8 Å². The number of allylic oxidation sites excluding steroid dienone is 1. The van der Waals surface area contributed by atoms with Gasteiger partial charge in [0.2, 0.25) is 5.88 Å². The second-order valence-corrected chi connectivity index (χ2v) is 11.6. The van der Waals surface area contributed by atoms with Gasteiger partial charge in [-0.15, -0.1) is 0 Å². The van der Waals surface area contributed by atoms with Crippen LogP contribution in [-0.2, 0) is 17.1 Å². The van der Waals surface area contributed by atoms with Crippen LogP contribution >= 0.6 is 15.9 Å². The Labute approximate surface area is 230 Å². The first kappa shape index (κ1) is 29.2. The van der Waals surface area contributed by atoms with Gasteiger partial charge in [0, 0.05) is 22.8 Å². The number of amides is 1. The fourth-order valence-corrected chi connectivity index (χ4v) is 5.53. The van der Waals surface area contributed by atoms with Gasteiger partial charge in [0.15, 0.2) is 0 Å². The number of carbonyl (C=O) groups is 1. The Balaban J connectivity index is 1.73. The van der Waals surface area contributed by atoms with Crippen LogP contribution in [0.3, 0.4) is 0 Å². The molecule has 1 amide bonds. The summed E-state index contributed by atoms with van der Waals surface area (Å²) in [6.45, 7) is 5.83. The number of halogens is 7. The molecule has 12 heteroatoms. The van der Waals surface area contributed by atoms with E-state index in [4.69, 9.17) is 9.47 Å². The summed E-state index contributed by atoms with van der Waals surface area (Å²) in [5.41, 5.74) is -0.792. The fraction of sp³-hybridized carbons (Fsp3) is 0.481. The maximum Gasteiger partial charge on any atom is 0.416 e. The lowest BCUT2D eigenvalue weighted by Crippen LogP contribution is -2.35. The van der Waals surface area contributed by atoms with E-state index in [9.17, 15) is 31.1 Å². The van der Waals surface area contributed by atoms with Crippen molar-refractivity contribution < 1.29 is 40.6 Å². The highest BCUT2D eigenvalue weighted by Gasteiger charge is 2.44. The number of ether oxygens (including phenoxy) is 2. The Morgan fingerprint density at radius 1 is 1.10 bits per heavy atom. The van der Waals surface area contributed by atoms with Gasteiger partial charge in [-0.2, -0.15) is 26.3 Å². The van der Waals surface area contributed by atoms with Crippen LogP contribution in [0.15, 0.2) is 40.5 Å². The summed E-state index contributed by atoms with van der Waals surface area (Å²) < 4.78 is 92.2. The summed E-state index contributed by atoms with van der Waals surface area (Å²) in [6.07, 6.45) is -8.41. The van der Waals surface area contributed by atoms with Gasteiger partial charge >= 0.3 is 18.4 Å². The number of hydrogen-bond donors (Lipinski definition) is 0. The highest BCUT2D eigenvalue weighted by atomic mass is 79.9. The molecule has 1 saturated heterocycles. The van der Waals surface area contributed by atoms with Crippen molar-refractivity contribution in [2.24, 2.45) is 5.41 Å². The van der Waals surface area contributed by atoms with E-state index in [1.165, 1.54) is 12.0 Å². The quantitative estimate of drug-likeness (QED) is 0.315. The molecule has 2 atom stereocenters. The lowest BCUT2D eigenvalue weighted by molar-refractivity contribution is -0.143. The zero-order chi connectivity index (χ0) is 28.9. The summed E-state index contributed by atoms with van der Waals surface area (Å²) in [6, 6.07) is 2.32. The highest BCUT2D eigenvalue weighted by molar-refractivity contribution is 9.10. The molecule has 1 aromatic carbocycles. The van der Waals surface area contributed by atoms with E-state index in [1.54, 1.807) is 13.1 Å². The van der Waals surface area contributed by atoms with E-state index >= 15 is 0 Å². The number of alkyl halides is 6. The normalized spacial score (nSPS) is 21.8. The summed E-state index contributed by atoms with van der Waals surface area (Å²) in [5, 5.41) is 0. The second kappa shape index (κ2) is 10.3. The molecular formula is C27H27BrF6N2O3. The van der Waals surface area contributed by atoms with Crippen LogP contribution in [0.1, 0.15) is 68.4 Å². The summed E-state index contributed by atoms with van der Waals surface area (Å²) >= 11 is 3.43. The van der Waals surface area contributed by atoms with Crippen molar-refractivity contribution in [3.63, 3.8) is 0 Å². The van der Waals surface area contributed by atoms with Gasteiger partial charge in [-0.25, -0.2) is 9.78 Å². The molecule has 0 saturated carbocycles. The van der Waals surface area contributed by atoms with Gasteiger partial charge in [0.1, 0.15) is 6.10 Å². The number of pyridine rings is 1. The van der Waals surface area contributed by atoms with Crippen LogP contribution in [0.4, 0.5) is 31.1 Å². The Morgan fingerprint density at radius 2 is 1.72 bits per heavy atom. The molecule has 0 spiro atoms. The van der Waals surface area contributed by atoms with Crippen LogP contribution in [0.5, 0.6) is 5.88 Å². The van der Waals surface area contributed by atoms with E-state index in [0.29, 0.717) is 30.9 Å². The number of aromatic nitrogens is 1. The molecule has 5 nitrogen and oxygen atoms in total. The third-order valence-electron chi connectivity index (χ3n) is 7.20. The fourth-order valence-electron chi connectivity index (χ4n) is 5.20. The molecule has 1 aliphatic carbocycles. The predicted octanol–water partition coefficient (Wildman–Crippen LogP) is 8.44. The van der Waals surface area contributed by atoms with Gasteiger partial charge in [0.05, 0.1) is 24.3 Å². The zero-order valence-corrected chi connectivity index (χ0v) is 23.2. The van der Waals surface area contributed by atoms with Gasteiger partial charge in [-0.05, 0) is 88.5 Å². The third-order valence-corrected chi connectivity index (χ3v) is 7.63.